The van der Waals surface area contributed by atoms with Gasteiger partial charge < -0.3 is 29.9 Å². The minimum Gasteiger partial charge on any atom is -0.394 e. The zero-order valence-electron chi connectivity index (χ0n) is 14.0. The summed E-state index contributed by atoms with van der Waals surface area (Å²) in [7, 11) is 0. The van der Waals surface area contributed by atoms with Crippen molar-refractivity contribution in [3.63, 3.8) is 0 Å². The Morgan fingerprint density at radius 3 is 2.40 bits per heavy atom. The molecule has 0 aromatic carbocycles. The van der Waals surface area contributed by atoms with E-state index in [-0.39, 0.29) is 19.6 Å². The summed E-state index contributed by atoms with van der Waals surface area (Å²) in [5.41, 5.74) is 0. The summed E-state index contributed by atoms with van der Waals surface area (Å²) >= 11 is 0. The lowest BCUT2D eigenvalue weighted by Crippen LogP contribution is -2.51. The van der Waals surface area contributed by atoms with Gasteiger partial charge in [-0.2, -0.15) is 0 Å². The Bertz CT molecular complexity index is 642. The zero-order valence-corrected chi connectivity index (χ0v) is 14.0. The minimum atomic E-state index is -1.24. The Labute approximate surface area is 148 Å². The molecule has 1 aliphatic rings. The molecular weight excluding hydrogens is 324 g/mol. The number of aliphatic hydroxyl groups is 4. The molecule has 0 bridgehead atoms. The van der Waals surface area contributed by atoms with Gasteiger partial charge in [-0.25, -0.2) is 0 Å². The largest absolute Gasteiger partial charge is 0.394 e. The summed E-state index contributed by atoms with van der Waals surface area (Å²) in [6, 6.07) is 0. The Balaban J connectivity index is 2.46. The summed E-state index contributed by atoms with van der Waals surface area (Å²) < 4.78 is 10.9. The molecule has 0 aromatic rings. The predicted molar refractivity (Wildman–Crippen MR) is 90.3 cm³/mol. The summed E-state index contributed by atoms with van der Waals surface area (Å²) in [5, 5.41) is 38.1. The van der Waals surface area contributed by atoms with Crippen molar-refractivity contribution in [1.29, 1.82) is 0 Å². The first-order chi connectivity index (χ1) is 12.1. The molecule has 0 aliphatic carbocycles. The van der Waals surface area contributed by atoms with Crippen molar-refractivity contribution < 1.29 is 29.9 Å². The maximum atomic E-state index is 9.89. The fourth-order valence-corrected chi connectivity index (χ4v) is 2.07. The number of hydrogen-bond donors (Lipinski definition) is 4. The molecule has 25 heavy (non-hydrogen) atoms. The number of rotatable bonds is 6. The average molecular weight is 346 g/mol. The number of hydrogen-bond acceptors (Lipinski definition) is 6. The molecule has 4 N–H and O–H groups in total. The van der Waals surface area contributed by atoms with E-state index in [0.29, 0.717) is 12.8 Å². The van der Waals surface area contributed by atoms with Gasteiger partial charge in [0.15, 0.2) is 6.29 Å². The molecule has 6 heteroatoms. The van der Waals surface area contributed by atoms with E-state index in [4.69, 9.17) is 14.6 Å². The van der Waals surface area contributed by atoms with Crippen LogP contribution in [0.15, 0.2) is 0 Å². The smallest absolute Gasteiger partial charge is 0.186 e. The molecule has 134 valence electrons. The van der Waals surface area contributed by atoms with Gasteiger partial charge >= 0.3 is 0 Å². The highest BCUT2D eigenvalue weighted by Crippen LogP contribution is 2.22. The molecule has 1 saturated heterocycles. The van der Waals surface area contributed by atoms with Crippen molar-refractivity contribution in [3.8, 4) is 47.4 Å². The van der Waals surface area contributed by atoms with Crippen LogP contribution in [0.25, 0.3) is 0 Å². The molecule has 0 amide bonds. The number of aliphatic hydroxyl groups excluding tert-OH is 4. The molecule has 5 atom stereocenters. The third-order valence-corrected chi connectivity index (χ3v) is 3.36. The molecule has 1 aliphatic heterocycles. The van der Waals surface area contributed by atoms with Crippen LogP contribution < -0.4 is 0 Å². The monoisotopic (exact) mass is 346 g/mol. The van der Waals surface area contributed by atoms with Crippen molar-refractivity contribution in [1.82, 2.24) is 0 Å². The first-order valence-electron chi connectivity index (χ1n) is 7.90. The highest BCUT2D eigenvalue weighted by Gasteiger charge is 2.38. The lowest BCUT2D eigenvalue weighted by molar-refractivity contribution is -0.287. The topological polar surface area (TPSA) is 99.4 Å². The Hall–Kier alpha value is -2.00. The van der Waals surface area contributed by atoms with Gasteiger partial charge in [-0.15, -0.1) is 0 Å². The number of ether oxygens (including phenoxy) is 2. The van der Waals surface area contributed by atoms with Crippen LogP contribution in [0.5, 0.6) is 0 Å². The first-order valence-corrected chi connectivity index (χ1v) is 7.90. The first kappa shape index (κ1) is 21.0. The second kappa shape index (κ2) is 12.4. The second-order valence-electron chi connectivity index (χ2n) is 5.26. The zero-order chi connectivity index (χ0) is 18.5. The van der Waals surface area contributed by atoms with Gasteiger partial charge in [0.05, 0.1) is 31.5 Å². The highest BCUT2D eigenvalue weighted by molar-refractivity contribution is 5.39. The molecule has 0 saturated carbocycles. The molecule has 5 unspecified atom stereocenters. The SMILES string of the molecule is CC#CC#CC#CC#CCCC(CO)OC1OC(CO)CC(O)C1O. The van der Waals surface area contributed by atoms with Crippen LogP contribution in [0.2, 0.25) is 0 Å². The fraction of sp³-hybridized carbons (Fsp3) is 0.579. The van der Waals surface area contributed by atoms with Gasteiger partial charge in [-0.05, 0) is 48.9 Å². The lowest BCUT2D eigenvalue weighted by atomic mass is 10.0. The second-order valence-corrected chi connectivity index (χ2v) is 5.26. The summed E-state index contributed by atoms with van der Waals surface area (Å²) in [6.45, 7) is 1.11. The molecule has 6 nitrogen and oxygen atoms in total. The van der Waals surface area contributed by atoms with E-state index in [1.54, 1.807) is 6.92 Å². The molecule has 0 radical (unpaired) electrons. The van der Waals surface area contributed by atoms with Crippen LogP contribution in [0, 0.1) is 47.4 Å². The van der Waals surface area contributed by atoms with E-state index < -0.39 is 30.7 Å². The van der Waals surface area contributed by atoms with Crippen LogP contribution in [0.4, 0.5) is 0 Å². The minimum absolute atomic E-state index is 0.123. The molecule has 1 heterocycles. The van der Waals surface area contributed by atoms with Crippen LogP contribution >= 0.6 is 0 Å². The van der Waals surface area contributed by atoms with Crippen molar-refractivity contribution in [2.24, 2.45) is 0 Å². The standard InChI is InChI=1S/C19H22O6/c1-2-3-4-5-6-7-8-9-10-11-15(13-20)24-19-18(23)17(22)12-16(14-21)25-19/h15-23H,10-14H2,1H3. The van der Waals surface area contributed by atoms with Gasteiger partial charge in [0.25, 0.3) is 0 Å². The lowest BCUT2D eigenvalue weighted by Gasteiger charge is -2.37. The maximum absolute atomic E-state index is 9.89. The average Bonchev–Trinajstić information content (AvgIpc) is 2.62. The van der Waals surface area contributed by atoms with Crippen molar-refractivity contribution in [3.05, 3.63) is 0 Å². The fourth-order valence-electron chi connectivity index (χ4n) is 2.07. The summed E-state index contributed by atoms with van der Waals surface area (Å²) in [5.74, 6) is 20.8. The van der Waals surface area contributed by atoms with E-state index in [0.717, 1.165) is 0 Å². The Morgan fingerprint density at radius 2 is 1.76 bits per heavy atom. The van der Waals surface area contributed by atoms with Crippen molar-refractivity contribution in [2.75, 3.05) is 13.2 Å². The predicted octanol–water partition coefficient (Wildman–Crippen LogP) is -0.993. The third kappa shape index (κ3) is 8.08. The van der Waals surface area contributed by atoms with Crippen LogP contribution in [-0.2, 0) is 9.47 Å². The van der Waals surface area contributed by atoms with E-state index in [9.17, 15) is 15.3 Å². The van der Waals surface area contributed by atoms with E-state index in [2.05, 4.69) is 47.4 Å². The van der Waals surface area contributed by atoms with Crippen LogP contribution in [0.3, 0.4) is 0 Å². The van der Waals surface area contributed by atoms with E-state index in [1.165, 1.54) is 0 Å². The Morgan fingerprint density at radius 1 is 1.08 bits per heavy atom. The van der Waals surface area contributed by atoms with Crippen molar-refractivity contribution >= 4 is 0 Å². The van der Waals surface area contributed by atoms with Gasteiger partial charge in [0.1, 0.15) is 6.10 Å². The normalized spacial score (nSPS) is 25.6. The maximum Gasteiger partial charge on any atom is 0.186 e. The Kier molecular flexibility index (Phi) is 10.4. The van der Waals surface area contributed by atoms with Gasteiger partial charge in [-0.1, -0.05) is 11.8 Å². The van der Waals surface area contributed by atoms with Gasteiger partial charge in [-0.3, -0.25) is 0 Å². The highest BCUT2D eigenvalue weighted by atomic mass is 16.7. The van der Waals surface area contributed by atoms with Crippen molar-refractivity contribution in [2.45, 2.75) is 56.9 Å². The van der Waals surface area contributed by atoms with Crippen LogP contribution in [0.1, 0.15) is 26.2 Å². The summed E-state index contributed by atoms with van der Waals surface area (Å²) in [4.78, 5) is 0. The van der Waals surface area contributed by atoms with Crippen LogP contribution in [-0.4, -0.2) is 64.3 Å². The third-order valence-electron chi connectivity index (χ3n) is 3.36. The molecule has 0 aromatic heterocycles. The molecule has 1 fully saturated rings. The van der Waals surface area contributed by atoms with E-state index in [1.807, 2.05) is 0 Å². The molecule has 0 spiro atoms. The molecule has 1 rings (SSSR count). The van der Waals surface area contributed by atoms with Gasteiger partial charge in [0.2, 0.25) is 0 Å². The van der Waals surface area contributed by atoms with E-state index >= 15 is 0 Å². The quantitative estimate of drug-likeness (QED) is 0.461. The summed E-state index contributed by atoms with van der Waals surface area (Å²) in [6.07, 6.45) is -3.70. The van der Waals surface area contributed by atoms with Gasteiger partial charge in [0, 0.05) is 12.8 Å². The molecular formula is C19H22O6.